The number of carbonyl (C=O) groups excluding carboxylic acids is 1. The number of nitrogens with one attached hydrogen (secondary N) is 2. The number of rotatable bonds is 6. The van der Waals surface area contributed by atoms with Crippen LogP contribution in [0.25, 0.3) is 0 Å². The van der Waals surface area contributed by atoms with Crippen LogP contribution in [0.1, 0.15) is 29.3 Å². The Kier molecular flexibility index (Phi) is 5.65. The minimum atomic E-state index is -0.0583. The van der Waals surface area contributed by atoms with Crippen LogP contribution in [0.4, 0.5) is 5.69 Å². The summed E-state index contributed by atoms with van der Waals surface area (Å²) in [5.41, 5.74) is 2.82. The molecule has 0 saturated carbocycles. The summed E-state index contributed by atoms with van der Waals surface area (Å²) in [7, 11) is 3.34. The summed E-state index contributed by atoms with van der Waals surface area (Å²) >= 11 is 0. The van der Waals surface area contributed by atoms with Gasteiger partial charge in [-0.3, -0.25) is 4.79 Å². The van der Waals surface area contributed by atoms with Gasteiger partial charge in [0.2, 0.25) is 0 Å². The molecule has 1 atom stereocenters. The quantitative estimate of drug-likeness (QED) is 0.813. The van der Waals surface area contributed by atoms with Gasteiger partial charge in [-0.15, -0.1) is 0 Å². The van der Waals surface area contributed by atoms with E-state index in [2.05, 4.69) is 17.6 Å². The Balaban J connectivity index is 2.70. The van der Waals surface area contributed by atoms with Crippen LogP contribution < -0.4 is 10.6 Å². The van der Waals surface area contributed by atoms with Crippen molar-refractivity contribution in [2.24, 2.45) is 0 Å². The normalized spacial score (nSPS) is 12.0. The average Bonchev–Trinajstić information content (AvgIpc) is 2.37. The number of anilines is 1. The molecule has 4 heteroatoms. The molecule has 1 unspecified atom stereocenters. The van der Waals surface area contributed by atoms with E-state index in [-0.39, 0.29) is 5.91 Å². The van der Waals surface area contributed by atoms with Crippen LogP contribution in [0.5, 0.6) is 0 Å². The van der Waals surface area contributed by atoms with Gasteiger partial charge in [-0.05, 0) is 44.0 Å². The van der Waals surface area contributed by atoms with E-state index in [1.807, 2.05) is 25.1 Å². The maximum atomic E-state index is 11.5. The highest BCUT2D eigenvalue weighted by atomic mass is 16.5. The average molecular weight is 250 g/mol. The molecule has 0 radical (unpaired) electrons. The maximum absolute atomic E-state index is 11.5. The highest BCUT2D eigenvalue weighted by Crippen LogP contribution is 2.18. The molecule has 1 aromatic carbocycles. The Bertz CT molecular complexity index is 405. The Hall–Kier alpha value is -1.55. The fourth-order valence-electron chi connectivity index (χ4n) is 1.74. The summed E-state index contributed by atoms with van der Waals surface area (Å²) in [4.78, 5) is 11.5. The van der Waals surface area contributed by atoms with E-state index >= 15 is 0 Å². The first kappa shape index (κ1) is 14.5. The lowest BCUT2D eigenvalue weighted by molar-refractivity contribution is 0.0963. The first-order valence-corrected chi connectivity index (χ1v) is 6.16. The van der Waals surface area contributed by atoms with E-state index < -0.39 is 0 Å². The number of amides is 1. The van der Waals surface area contributed by atoms with Gasteiger partial charge in [0.25, 0.3) is 5.91 Å². The van der Waals surface area contributed by atoms with E-state index in [0.29, 0.717) is 11.6 Å². The van der Waals surface area contributed by atoms with E-state index in [1.54, 1.807) is 14.2 Å². The second kappa shape index (κ2) is 7.01. The van der Waals surface area contributed by atoms with Gasteiger partial charge in [-0.25, -0.2) is 0 Å². The highest BCUT2D eigenvalue weighted by Gasteiger charge is 2.07. The molecule has 1 rings (SSSR count). The van der Waals surface area contributed by atoms with E-state index in [9.17, 15) is 4.79 Å². The smallest absolute Gasteiger partial charge is 0.251 e. The summed E-state index contributed by atoms with van der Waals surface area (Å²) in [5.74, 6) is -0.0583. The summed E-state index contributed by atoms with van der Waals surface area (Å²) in [5, 5.41) is 6.04. The van der Waals surface area contributed by atoms with Gasteiger partial charge < -0.3 is 15.4 Å². The number of hydrogen-bond donors (Lipinski definition) is 2. The fraction of sp³-hybridized carbons (Fsp3) is 0.500. The van der Waals surface area contributed by atoms with Crippen molar-refractivity contribution in [2.75, 3.05) is 26.1 Å². The number of aryl methyl sites for hydroxylation is 1. The van der Waals surface area contributed by atoms with Crippen molar-refractivity contribution in [3.05, 3.63) is 29.3 Å². The van der Waals surface area contributed by atoms with Crippen LogP contribution in [0.2, 0.25) is 0 Å². The lowest BCUT2D eigenvalue weighted by Gasteiger charge is -2.17. The zero-order chi connectivity index (χ0) is 13.5. The van der Waals surface area contributed by atoms with Crippen molar-refractivity contribution in [1.29, 1.82) is 0 Å². The second-order valence-electron chi connectivity index (χ2n) is 4.44. The molecule has 1 amide bonds. The molecule has 4 nitrogen and oxygen atoms in total. The van der Waals surface area contributed by atoms with Gasteiger partial charge in [0.1, 0.15) is 0 Å². The molecule has 18 heavy (non-hydrogen) atoms. The SMILES string of the molecule is CNC(=O)c1ccc(NC(C)CCOC)c(C)c1. The Morgan fingerprint density at radius 2 is 2.17 bits per heavy atom. The van der Waals surface area contributed by atoms with Crippen LogP contribution in [0.15, 0.2) is 18.2 Å². The first-order valence-electron chi connectivity index (χ1n) is 6.16. The number of methoxy groups -OCH3 is 1. The Morgan fingerprint density at radius 1 is 1.44 bits per heavy atom. The zero-order valence-corrected chi connectivity index (χ0v) is 11.5. The van der Waals surface area contributed by atoms with Gasteiger partial charge in [-0.1, -0.05) is 0 Å². The molecule has 0 fully saturated rings. The summed E-state index contributed by atoms with van der Waals surface area (Å²) < 4.78 is 5.05. The zero-order valence-electron chi connectivity index (χ0n) is 11.5. The number of ether oxygens (including phenoxy) is 1. The molecule has 2 N–H and O–H groups in total. The van der Waals surface area contributed by atoms with E-state index in [4.69, 9.17) is 4.74 Å². The summed E-state index contributed by atoms with van der Waals surface area (Å²) in [6, 6.07) is 6.01. The molecule has 0 aliphatic heterocycles. The largest absolute Gasteiger partial charge is 0.385 e. The van der Waals surface area contributed by atoms with Crippen molar-refractivity contribution in [3.8, 4) is 0 Å². The van der Waals surface area contributed by atoms with Crippen LogP contribution in [0, 0.1) is 6.92 Å². The predicted octanol–water partition coefficient (Wildman–Crippen LogP) is 2.19. The summed E-state index contributed by atoms with van der Waals surface area (Å²) in [6.45, 7) is 4.85. The maximum Gasteiger partial charge on any atom is 0.251 e. The van der Waals surface area contributed by atoms with Gasteiger partial charge in [0.05, 0.1) is 0 Å². The van der Waals surface area contributed by atoms with Crippen molar-refractivity contribution >= 4 is 11.6 Å². The third-order valence-corrected chi connectivity index (χ3v) is 2.87. The topological polar surface area (TPSA) is 50.4 Å². The fourth-order valence-corrected chi connectivity index (χ4v) is 1.74. The van der Waals surface area contributed by atoms with Gasteiger partial charge in [0.15, 0.2) is 0 Å². The highest BCUT2D eigenvalue weighted by molar-refractivity contribution is 5.94. The molecule has 0 aromatic heterocycles. The van der Waals surface area contributed by atoms with Gasteiger partial charge >= 0.3 is 0 Å². The molecule has 100 valence electrons. The molecular weight excluding hydrogens is 228 g/mol. The summed E-state index contributed by atoms with van der Waals surface area (Å²) in [6.07, 6.45) is 0.952. The lowest BCUT2D eigenvalue weighted by atomic mass is 10.1. The third kappa shape index (κ3) is 4.04. The number of carbonyl (C=O) groups is 1. The number of hydrogen-bond acceptors (Lipinski definition) is 3. The van der Waals surface area contributed by atoms with Crippen LogP contribution in [-0.2, 0) is 4.74 Å². The van der Waals surface area contributed by atoms with Gasteiger partial charge in [-0.2, -0.15) is 0 Å². The second-order valence-corrected chi connectivity index (χ2v) is 4.44. The molecular formula is C14H22N2O2. The first-order chi connectivity index (χ1) is 8.58. The molecule has 0 aliphatic rings. The van der Waals surface area contributed by atoms with Crippen molar-refractivity contribution in [3.63, 3.8) is 0 Å². The van der Waals surface area contributed by atoms with E-state index in [0.717, 1.165) is 24.3 Å². The van der Waals surface area contributed by atoms with Crippen molar-refractivity contribution < 1.29 is 9.53 Å². The molecule has 1 aromatic rings. The minimum Gasteiger partial charge on any atom is -0.385 e. The van der Waals surface area contributed by atoms with Crippen LogP contribution >= 0.6 is 0 Å². The molecule has 0 spiro atoms. The monoisotopic (exact) mass is 250 g/mol. The Morgan fingerprint density at radius 3 is 2.72 bits per heavy atom. The lowest BCUT2D eigenvalue weighted by Crippen LogP contribution is -2.19. The van der Waals surface area contributed by atoms with Gasteiger partial charge in [0, 0.05) is 38.1 Å². The third-order valence-electron chi connectivity index (χ3n) is 2.87. The number of benzene rings is 1. The molecule has 0 saturated heterocycles. The standard InChI is InChI=1S/C14H22N2O2/c1-10-9-12(14(17)15-3)5-6-13(10)16-11(2)7-8-18-4/h5-6,9,11,16H,7-8H2,1-4H3,(H,15,17). The van der Waals surface area contributed by atoms with Crippen molar-refractivity contribution in [2.45, 2.75) is 26.3 Å². The minimum absolute atomic E-state index is 0.0583. The molecule has 0 bridgehead atoms. The van der Waals surface area contributed by atoms with Crippen LogP contribution in [0.3, 0.4) is 0 Å². The molecule has 0 heterocycles. The molecule has 0 aliphatic carbocycles. The van der Waals surface area contributed by atoms with Crippen LogP contribution in [-0.4, -0.2) is 32.7 Å². The predicted molar refractivity (Wildman–Crippen MR) is 74.1 cm³/mol. The Labute approximate surface area is 109 Å². The van der Waals surface area contributed by atoms with Crippen molar-refractivity contribution in [1.82, 2.24) is 5.32 Å². The van der Waals surface area contributed by atoms with E-state index in [1.165, 1.54) is 0 Å².